The van der Waals surface area contributed by atoms with E-state index in [2.05, 4.69) is 23.1 Å². The van der Waals surface area contributed by atoms with Crippen LogP contribution >= 0.6 is 0 Å². The molecular formula is C21H27NO3Si. The second-order valence-corrected chi connectivity index (χ2v) is 7.47. The van der Waals surface area contributed by atoms with Gasteiger partial charge in [0.25, 0.3) is 9.76 Å². The summed E-state index contributed by atoms with van der Waals surface area (Å²) in [6.07, 6.45) is 4.00. The summed E-state index contributed by atoms with van der Waals surface area (Å²) in [6.45, 7) is 4.19. The quantitative estimate of drug-likeness (QED) is 0.528. The Morgan fingerprint density at radius 3 is 2.38 bits per heavy atom. The largest absolute Gasteiger partial charge is 0.493 e. The molecule has 138 valence electrons. The molecule has 2 aromatic carbocycles. The monoisotopic (exact) mass is 369 g/mol. The van der Waals surface area contributed by atoms with Crippen LogP contribution in [0.25, 0.3) is 11.1 Å². The predicted octanol–water partition coefficient (Wildman–Crippen LogP) is 3.12. The fourth-order valence-corrected chi connectivity index (χ4v) is 4.25. The van der Waals surface area contributed by atoms with Crippen molar-refractivity contribution in [2.24, 2.45) is 0 Å². The lowest BCUT2D eigenvalue weighted by molar-refractivity contribution is 0.187. The zero-order chi connectivity index (χ0) is 18.2. The van der Waals surface area contributed by atoms with Crippen molar-refractivity contribution < 1.29 is 13.9 Å². The summed E-state index contributed by atoms with van der Waals surface area (Å²) in [5, 5.41) is 1.15. The van der Waals surface area contributed by atoms with Gasteiger partial charge in [0.05, 0.1) is 14.2 Å². The van der Waals surface area contributed by atoms with Crippen LogP contribution in [0.3, 0.4) is 0 Å². The minimum absolute atomic E-state index is 0.285. The van der Waals surface area contributed by atoms with E-state index in [0.29, 0.717) is 0 Å². The molecule has 0 saturated carbocycles. The first-order valence-corrected chi connectivity index (χ1v) is 10.1. The maximum absolute atomic E-state index is 6.05. The van der Waals surface area contributed by atoms with Gasteiger partial charge in [-0.1, -0.05) is 42.8 Å². The van der Waals surface area contributed by atoms with Gasteiger partial charge in [-0.2, -0.15) is 0 Å². The van der Waals surface area contributed by atoms with Crippen molar-refractivity contribution in [3.05, 3.63) is 42.5 Å². The van der Waals surface area contributed by atoms with Crippen molar-refractivity contribution in [3.63, 3.8) is 0 Å². The number of likely N-dealkylation sites (tertiary alicyclic amines) is 1. The highest BCUT2D eigenvalue weighted by molar-refractivity contribution is 6.49. The zero-order valence-corrected chi connectivity index (χ0v) is 16.7. The normalized spacial score (nSPS) is 15.0. The molecule has 4 nitrogen and oxygen atoms in total. The van der Waals surface area contributed by atoms with Gasteiger partial charge in [0, 0.05) is 18.7 Å². The van der Waals surface area contributed by atoms with Gasteiger partial charge in [0.2, 0.25) is 0 Å². The minimum Gasteiger partial charge on any atom is -0.493 e. The molecule has 0 spiro atoms. The Morgan fingerprint density at radius 2 is 1.69 bits per heavy atom. The molecule has 1 fully saturated rings. The highest BCUT2D eigenvalue weighted by Gasteiger charge is 2.18. The fourth-order valence-electron chi connectivity index (χ4n) is 3.39. The second kappa shape index (κ2) is 9.76. The SMILES string of the molecule is COc1ccc([Si]OCCN2CCCCC2)c(-c2ccccc2)c1OC. The van der Waals surface area contributed by atoms with Crippen molar-refractivity contribution in [3.8, 4) is 22.6 Å². The zero-order valence-electron chi connectivity index (χ0n) is 15.7. The van der Waals surface area contributed by atoms with E-state index in [0.717, 1.165) is 41.0 Å². The van der Waals surface area contributed by atoms with Crippen molar-refractivity contribution in [1.82, 2.24) is 4.90 Å². The Bertz CT molecular complexity index is 687. The van der Waals surface area contributed by atoms with Crippen LogP contribution in [0.15, 0.2) is 42.5 Å². The first-order valence-electron chi connectivity index (χ1n) is 9.24. The molecule has 26 heavy (non-hydrogen) atoms. The van der Waals surface area contributed by atoms with Crippen molar-refractivity contribution >= 4 is 14.9 Å². The molecule has 0 atom stereocenters. The molecular weight excluding hydrogens is 342 g/mol. The number of rotatable bonds is 8. The van der Waals surface area contributed by atoms with E-state index >= 15 is 0 Å². The lowest BCUT2D eigenvalue weighted by Crippen LogP contribution is -2.33. The predicted molar refractivity (Wildman–Crippen MR) is 107 cm³/mol. The van der Waals surface area contributed by atoms with Gasteiger partial charge in [0.15, 0.2) is 11.5 Å². The third-order valence-electron chi connectivity index (χ3n) is 4.75. The van der Waals surface area contributed by atoms with Gasteiger partial charge in [-0.05, 0) is 42.7 Å². The van der Waals surface area contributed by atoms with E-state index in [1.807, 2.05) is 24.3 Å². The molecule has 2 radical (unpaired) electrons. The number of hydrogen-bond acceptors (Lipinski definition) is 4. The van der Waals surface area contributed by atoms with Gasteiger partial charge >= 0.3 is 0 Å². The first-order chi connectivity index (χ1) is 12.8. The summed E-state index contributed by atoms with van der Waals surface area (Å²) in [7, 11) is 3.64. The molecule has 1 aliphatic heterocycles. The number of nitrogens with zero attached hydrogens (tertiary/aromatic N) is 1. The maximum Gasteiger partial charge on any atom is 0.269 e. The smallest absolute Gasteiger partial charge is 0.269 e. The van der Waals surface area contributed by atoms with Crippen LogP contribution in [-0.4, -0.2) is 55.1 Å². The van der Waals surface area contributed by atoms with E-state index in [4.69, 9.17) is 13.9 Å². The third kappa shape index (κ3) is 4.66. The number of ether oxygens (including phenoxy) is 2. The Balaban J connectivity index is 1.73. The van der Waals surface area contributed by atoms with Crippen LogP contribution in [0.1, 0.15) is 19.3 Å². The van der Waals surface area contributed by atoms with Crippen LogP contribution < -0.4 is 14.7 Å². The van der Waals surface area contributed by atoms with E-state index in [1.165, 1.54) is 32.4 Å². The lowest BCUT2D eigenvalue weighted by atomic mass is 10.0. The molecule has 1 heterocycles. The van der Waals surface area contributed by atoms with Gasteiger partial charge in [-0.25, -0.2) is 0 Å². The van der Waals surface area contributed by atoms with Crippen molar-refractivity contribution in [1.29, 1.82) is 0 Å². The molecule has 1 saturated heterocycles. The number of hydrogen-bond donors (Lipinski definition) is 0. The fraction of sp³-hybridized carbons (Fsp3) is 0.429. The van der Waals surface area contributed by atoms with Crippen LogP contribution in [0.5, 0.6) is 11.5 Å². The average Bonchev–Trinajstić information content (AvgIpc) is 2.72. The molecule has 1 aliphatic rings. The third-order valence-corrected chi connectivity index (χ3v) is 5.73. The molecule has 3 rings (SSSR count). The Kier molecular flexibility index (Phi) is 7.11. The molecule has 0 aromatic heterocycles. The van der Waals surface area contributed by atoms with Gasteiger partial charge in [-0.15, -0.1) is 0 Å². The number of methoxy groups -OCH3 is 2. The molecule has 2 aromatic rings. The maximum atomic E-state index is 6.05. The molecule has 0 bridgehead atoms. The van der Waals surface area contributed by atoms with E-state index in [-0.39, 0.29) is 9.76 Å². The summed E-state index contributed by atoms with van der Waals surface area (Å²) < 4.78 is 17.2. The second-order valence-electron chi connectivity index (χ2n) is 6.44. The summed E-state index contributed by atoms with van der Waals surface area (Å²) in [5.74, 6) is 1.51. The standard InChI is InChI=1S/C21H27NO3Si/c1-23-18-11-12-19(26-25-16-15-22-13-7-4-8-14-22)20(21(18)24-2)17-9-5-3-6-10-17/h3,5-6,9-12H,4,7-8,13-16H2,1-2H3. The molecule has 5 heteroatoms. The van der Waals surface area contributed by atoms with Crippen LogP contribution in [0.4, 0.5) is 0 Å². The Labute approximate surface area is 159 Å². The molecule has 0 N–H and O–H groups in total. The Hall–Kier alpha value is -1.82. The first kappa shape index (κ1) is 19.0. The minimum atomic E-state index is 0.285. The van der Waals surface area contributed by atoms with E-state index < -0.39 is 0 Å². The van der Waals surface area contributed by atoms with E-state index in [9.17, 15) is 0 Å². The van der Waals surface area contributed by atoms with Crippen LogP contribution in [0, 0.1) is 0 Å². The van der Waals surface area contributed by atoms with Crippen molar-refractivity contribution in [2.75, 3.05) is 40.5 Å². The number of piperidine rings is 1. The molecule has 0 unspecified atom stereocenters. The van der Waals surface area contributed by atoms with Crippen molar-refractivity contribution in [2.45, 2.75) is 19.3 Å². The molecule has 0 aliphatic carbocycles. The van der Waals surface area contributed by atoms with E-state index in [1.54, 1.807) is 14.2 Å². The Morgan fingerprint density at radius 1 is 0.923 bits per heavy atom. The number of benzene rings is 2. The van der Waals surface area contributed by atoms with Gasteiger partial charge in [0.1, 0.15) is 0 Å². The summed E-state index contributed by atoms with van der Waals surface area (Å²) >= 11 is 0. The summed E-state index contributed by atoms with van der Waals surface area (Å²) in [5.41, 5.74) is 2.18. The highest BCUT2D eigenvalue weighted by Crippen LogP contribution is 2.36. The lowest BCUT2D eigenvalue weighted by Gasteiger charge is -2.26. The summed E-state index contributed by atoms with van der Waals surface area (Å²) in [4.78, 5) is 2.50. The van der Waals surface area contributed by atoms with Crippen LogP contribution in [0.2, 0.25) is 0 Å². The topological polar surface area (TPSA) is 30.9 Å². The molecule has 0 amide bonds. The summed E-state index contributed by atoms with van der Waals surface area (Å²) in [6, 6.07) is 14.3. The highest BCUT2D eigenvalue weighted by atomic mass is 28.2. The van der Waals surface area contributed by atoms with Crippen LogP contribution in [-0.2, 0) is 4.43 Å². The average molecular weight is 370 g/mol. The van der Waals surface area contributed by atoms with Gasteiger partial charge < -0.3 is 18.8 Å². The van der Waals surface area contributed by atoms with Gasteiger partial charge in [-0.3, -0.25) is 0 Å².